The molecule has 0 aliphatic carbocycles. The number of aryl methyl sites for hydroxylation is 1. The highest BCUT2D eigenvalue weighted by molar-refractivity contribution is 5.97. The predicted molar refractivity (Wildman–Crippen MR) is 122 cm³/mol. The quantitative estimate of drug-likeness (QED) is 0.542. The Morgan fingerprint density at radius 3 is 2.26 bits per heavy atom. The Labute approximate surface area is 183 Å². The zero-order chi connectivity index (χ0) is 22.1. The lowest BCUT2D eigenvalue weighted by Gasteiger charge is -2.16. The fourth-order valence-electron chi connectivity index (χ4n) is 3.21. The van der Waals surface area contributed by atoms with Crippen molar-refractivity contribution in [1.29, 1.82) is 0 Å². The molecule has 2 amide bonds. The minimum atomic E-state index is -0.246. The second-order valence-electron chi connectivity index (χ2n) is 7.34. The Morgan fingerprint density at radius 2 is 1.55 bits per heavy atom. The van der Waals surface area contributed by atoms with Crippen molar-refractivity contribution >= 4 is 11.8 Å². The van der Waals surface area contributed by atoms with Crippen molar-refractivity contribution in [3.63, 3.8) is 0 Å². The number of para-hydroxylation sites is 1. The van der Waals surface area contributed by atoms with Gasteiger partial charge in [0.15, 0.2) is 6.61 Å². The maximum atomic E-state index is 12.6. The molecule has 3 rings (SSSR count). The van der Waals surface area contributed by atoms with Gasteiger partial charge < -0.3 is 15.4 Å². The number of nitrogens with one attached hydrogen (secondary N) is 2. The molecule has 1 atom stereocenters. The average molecular weight is 417 g/mol. The van der Waals surface area contributed by atoms with Crippen LogP contribution in [0.15, 0.2) is 78.9 Å². The fraction of sp³-hybridized carbons (Fsp3) is 0.231. The van der Waals surface area contributed by atoms with Crippen LogP contribution < -0.4 is 15.4 Å². The molecule has 0 unspecified atom stereocenters. The van der Waals surface area contributed by atoms with Gasteiger partial charge in [0.25, 0.3) is 11.8 Å². The van der Waals surface area contributed by atoms with E-state index in [0.29, 0.717) is 17.9 Å². The Morgan fingerprint density at radius 1 is 0.871 bits per heavy atom. The summed E-state index contributed by atoms with van der Waals surface area (Å²) in [6.07, 6.45) is 0.979. The van der Waals surface area contributed by atoms with Crippen molar-refractivity contribution in [2.75, 3.05) is 6.61 Å². The first-order valence-electron chi connectivity index (χ1n) is 10.5. The van der Waals surface area contributed by atoms with E-state index in [1.54, 1.807) is 24.3 Å². The average Bonchev–Trinajstić information content (AvgIpc) is 2.82. The van der Waals surface area contributed by atoms with Gasteiger partial charge in [-0.2, -0.15) is 0 Å². The van der Waals surface area contributed by atoms with Crippen LogP contribution in [0.2, 0.25) is 0 Å². The Balaban J connectivity index is 1.54. The van der Waals surface area contributed by atoms with Crippen LogP contribution >= 0.6 is 0 Å². The van der Waals surface area contributed by atoms with Crippen LogP contribution in [0.4, 0.5) is 0 Å². The molecule has 0 spiro atoms. The summed E-state index contributed by atoms with van der Waals surface area (Å²) in [5, 5.41) is 5.82. The topological polar surface area (TPSA) is 67.4 Å². The maximum Gasteiger partial charge on any atom is 0.258 e. The molecular formula is C26H28N2O3. The first kappa shape index (κ1) is 22.1. The summed E-state index contributed by atoms with van der Waals surface area (Å²) in [6, 6.07) is 24.7. The van der Waals surface area contributed by atoms with Gasteiger partial charge in [0.2, 0.25) is 0 Å². The molecule has 31 heavy (non-hydrogen) atoms. The highest BCUT2D eigenvalue weighted by atomic mass is 16.5. The van der Waals surface area contributed by atoms with Crippen LogP contribution in [0.25, 0.3) is 0 Å². The third kappa shape index (κ3) is 6.44. The van der Waals surface area contributed by atoms with E-state index in [1.807, 2.05) is 49.4 Å². The largest absolute Gasteiger partial charge is 0.483 e. The van der Waals surface area contributed by atoms with E-state index in [1.165, 1.54) is 5.56 Å². The normalized spacial score (nSPS) is 11.4. The zero-order valence-corrected chi connectivity index (χ0v) is 17.9. The van der Waals surface area contributed by atoms with E-state index in [4.69, 9.17) is 4.74 Å². The molecule has 0 saturated carbocycles. The van der Waals surface area contributed by atoms with Crippen LogP contribution in [0.1, 0.15) is 46.9 Å². The van der Waals surface area contributed by atoms with Gasteiger partial charge >= 0.3 is 0 Å². The SMILES string of the molecule is CCc1ccc([C@H](C)NC(=O)COc2ccccc2C(=O)NCc2ccccc2)cc1. The van der Waals surface area contributed by atoms with Crippen LogP contribution in [0.3, 0.4) is 0 Å². The Kier molecular flexibility index (Phi) is 7.82. The summed E-state index contributed by atoms with van der Waals surface area (Å²) in [6.45, 7) is 4.30. The molecule has 0 fully saturated rings. The molecule has 5 nitrogen and oxygen atoms in total. The molecule has 0 aliphatic rings. The minimum Gasteiger partial charge on any atom is -0.483 e. The maximum absolute atomic E-state index is 12.6. The molecule has 3 aromatic carbocycles. The lowest BCUT2D eigenvalue weighted by Crippen LogP contribution is -2.31. The van der Waals surface area contributed by atoms with Crippen molar-refractivity contribution in [3.05, 3.63) is 101 Å². The van der Waals surface area contributed by atoms with E-state index in [0.717, 1.165) is 17.5 Å². The van der Waals surface area contributed by atoms with E-state index in [-0.39, 0.29) is 24.5 Å². The molecule has 0 aromatic heterocycles. The lowest BCUT2D eigenvalue weighted by molar-refractivity contribution is -0.123. The number of carbonyl (C=O) groups excluding carboxylic acids is 2. The number of hydrogen-bond donors (Lipinski definition) is 2. The van der Waals surface area contributed by atoms with Crippen LogP contribution in [-0.4, -0.2) is 18.4 Å². The van der Waals surface area contributed by atoms with E-state index < -0.39 is 0 Å². The van der Waals surface area contributed by atoms with Crippen LogP contribution in [-0.2, 0) is 17.8 Å². The van der Waals surface area contributed by atoms with Gasteiger partial charge in [-0.15, -0.1) is 0 Å². The van der Waals surface area contributed by atoms with Crippen molar-refractivity contribution in [2.45, 2.75) is 32.9 Å². The summed E-state index contributed by atoms with van der Waals surface area (Å²) in [7, 11) is 0. The van der Waals surface area contributed by atoms with Crippen LogP contribution in [0.5, 0.6) is 5.75 Å². The standard InChI is InChI=1S/C26H28N2O3/c1-3-20-13-15-22(16-14-20)19(2)28-25(29)18-31-24-12-8-7-11-23(24)26(30)27-17-21-9-5-4-6-10-21/h4-16,19H,3,17-18H2,1-2H3,(H,27,30)(H,28,29)/t19-/m0/s1. The number of rotatable bonds is 9. The highest BCUT2D eigenvalue weighted by Crippen LogP contribution is 2.18. The molecule has 160 valence electrons. The van der Waals surface area contributed by atoms with Crippen molar-refractivity contribution in [2.24, 2.45) is 0 Å². The molecule has 3 aromatic rings. The number of carbonyl (C=O) groups is 2. The fourth-order valence-corrected chi connectivity index (χ4v) is 3.21. The molecule has 0 radical (unpaired) electrons. The van der Waals surface area contributed by atoms with Gasteiger partial charge in [0.05, 0.1) is 11.6 Å². The summed E-state index contributed by atoms with van der Waals surface area (Å²) < 4.78 is 5.67. The second kappa shape index (κ2) is 11.0. The number of benzene rings is 3. The van der Waals surface area contributed by atoms with Crippen LogP contribution in [0, 0.1) is 0 Å². The molecule has 0 bridgehead atoms. The summed E-state index contributed by atoms with van der Waals surface area (Å²) in [5.74, 6) is -0.112. The Hall–Kier alpha value is -3.60. The summed E-state index contributed by atoms with van der Waals surface area (Å²) in [5.41, 5.74) is 3.70. The number of hydrogen-bond acceptors (Lipinski definition) is 3. The van der Waals surface area contributed by atoms with Crippen molar-refractivity contribution in [1.82, 2.24) is 10.6 Å². The van der Waals surface area contributed by atoms with E-state index in [9.17, 15) is 9.59 Å². The second-order valence-corrected chi connectivity index (χ2v) is 7.34. The summed E-state index contributed by atoms with van der Waals surface area (Å²) in [4.78, 5) is 25.0. The first-order chi connectivity index (χ1) is 15.1. The van der Waals surface area contributed by atoms with Gasteiger partial charge in [-0.1, -0.05) is 73.7 Å². The molecule has 0 heterocycles. The molecular weight excluding hydrogens is 388 g/mol. The lowest BCUT2D eigenvalue weighted by atomic mass is 10.1. The third-order valence-corrected chi connectivity index (χ3v) is 5.05. The molecule has 5 heteroatoms. The zero-order valence-electron chi connectivity index (χ0n) is 17.9. The smallest absolute Gasteiger partial charge is 0.258 e. The molecule has 0 aliphatic heterocycles. The minimum absolute atomic E-state index is 0.133. The van der Waals surface area contributed by atoms with Gasteiger partial charge in [0.1, 0.15) is 5.75 Å². The van der Waals surface area contributed by atoms with Gasteiger partial charge in [0, 0.05) is 6.54 Å². The third-order valence-electron chi connectivity index (χ3n) is 5.05. The molecule has 2 N–H and O–H groups in total. The number of ether oxygens (including phenoxy) is 1. The Bertz CT molecular complexity index is 1000. The van der Waals surface area contributed by atoms with Crippen molar-refractivity contribution < 1.29 is 14.3 Å². The van der Waals surface area contributed by atoms with Gasteiger partial charge in [-0.25, -0.2) is 0 Å². The summed E-state index contributed by atoms with van der Waals surface area (Å²) >= 11 is 0. The van der Waals surface area contributed by atoms with E-state index in [2.05, 4.69) is 29.7 Å². The van der Waals surface area contributed by atoms with E-state index >= 15 is 0 Å². The highest BCUT2D eigenvalue weighted by Gasteiger charge is 2.14. The van der Waals surface area contributed by atoms with Gasteiger partial charge in [-0.3, -0.25) is 9.59 Å². The predicted octanol–water partition coefficient (Wildman–Crippen LogP) is 4.44. The van der Waals surface area contributed by atoms with Gasteiger partial charge in [-0.05, 0) is 42.2 Å². The number of amides is 2. The first-order valence-corrected chi connectivity index (χ1v) is 10.5. The monoisotopic (exact) mass is 416 g/mol. The molecule has 0 saturated heterocycles. The van der Waals surface area contributed by atoms with Crippen molar-refractivity contribution in [3.8, 4) is 5.75 Å².